The van der Waals surface area contributed by atoms with Crippen molar-refractivity contribution in [1.82, 2.24) is 10.6 Å². The van der Waals surface area contributed by atoms with Gasteiger partial charge in [-0.25, -0.2) is 0 Å². The topological polar surface area (TPSA) is 75.3 Å². The van der Waals surface area contributed by atoms with Crippen LogP contribution in [0.5, 0.6) is 0 Å². The first-order chi connectivity index (χ1) is 9.52. The Hall–Kier alpha value is -2.17. The fraction of sp³-hybridized carbons (Fsp3) is 0.400. The fourth-order valence-corrected chi connectivity index (χ4v) is 1.70. The van der Waals surface area contributed by atoms with Crippen LogP contribution < -0.4 is 10.6 Å². The lowest BCUT2D eigenvalue weighted by Crippen LogP contribution is -2.45. The Bertz CT molecular complexity index is 471. The molecule has 0 bridgehead atoms. The molecule has 5 nitrogen and oxygen atoms in total. The Morgan fingerprint density at radius 2 is 1.75 bits per heavy atom. The first-order valence-corrected chi connectivity index (χ1v) is 6.63. The molecular weight excluding hydrogens is 256 g/mol. The van der Waals surface area contributed by atoms with E-state index in [1.54, 1.807) is 6.92 Å². The molecule has 108 valence electrons. The molecule has 2 N–H and O–H groups in total. The molecule has 1 rings (SSSR count). The van der Waals surface area contributed by atoms with E-state index < -0.39 is 6.04 Å². The van der Waals surface area contributed by atoms with Crippen molar-refractivity contribution in [2.75, 3.05) is 6.54 Å². The summed E-state index contributed by atoms with van der Waals surface area (Å²) in [7, 11) is 0. The van der Waals surface area contributed by atoms with Gasteiger partial charge in [-0.3, -0.25) is 14.4 Å². The minimum absolute atomic E-state index is 0.106. The molecule has 0 fully saturated rings. The molecule has 0 aliphatic heterocycles. The van der Waals surface area contributed by atoms with Gasteiger partial charge >= 0.3 is 0 Å². The minimum Gasteiger partial charge on any atom is -0.347 e. The van der Waals surface area contributed by atoms with Gasteiger partial charge in [0.2, 0.25) is 11.8 Å². The Labute approximate surface area is 118 Å². The second-order valence-electron chi connectivity index (χ2n) is 4.55. The largest absolute Gasteiger partial charge is 0.347 e. The number of Topliss-reactive ketones (excluding diaryl/α,β-unsaturated/α-hetero) is 1. The van der Waals surface area contributed by atoms with E-state index in [2.05, 4.69) is 10.6 Å². The highest BCUT2D eigenvalue weighted by Crippen LogP contribution is 2.03. The maximum atomic E-state index is 11.7. The van der Waals surface area contributed by atoms with Crippen molar-refractivity contribution < 1.29 is 14.4 Å². The summed E-state index contributed by atoms with van der Waals surface area (Å²) in [6.45, 7) is 3.05. The van der Waals surface area contributed by atoms with Gasteiger partial charge in [-0.15, -0.1) is 0 Å². The third-order valence-electron chi connectivity index (χ3n) is 2.88. The van der Waals surface area contributed by atoms with Crippen LogP contribution in [0.3, 0.4) is 0 Å². The van der Waals surface area contributed by atoms with Crippen molar-refractivity contribution in [3.05, 3.63) is 35.9 Å². The van der Waals surface area contributed by atoms with Crippen LogP contribution in [-0.2, 0) is 20.8 Å². The molecule has 5 heteroatoms. The first kappa shape index (κ1) is 15.9. The van der Waals surface area contributed by atoms with Crippen LogP contribution in [0, 0.1) is 0 Å². The predicted molar refractivity (Wildman–Crippen MR) is 76.1 cm³/mol. The van der Waals surface area contributed by atoms with Crippen LogP contribution in [0.1, 0.15) is 25.8 Å². The van der Waals surface area contributed by atoms with Crippen molar-refractivity contribution in [1.29, 1.82) is 0 Å². The standard InChI is InChI=1S/C15H20N2O3/c1-3-14(19)16-10-15(20)17-13(11(2)18)9-12-7-5-4-6-8-12/h4-8,13H,3,9-10H2,1-2H3,(H,16,19)(H,17,20)/t13-/m0/s1. The molecular formula is C15H20N2O3. The number of carbonyl (C=O) groups is 3. The number of hydrogen-bond donors (Lipinski definition) is 2. The molecule has 0 radical (unpaired) electrons. The third kappa shape index (κ3) is 5.65. The molecule has 0 spiro atoms. The lowest BCUT2D eigenvalue weighted by molar-refractivity contribution is -0.128. The maximum absolute atomic E-state index is 11.7. The Morgan fingerprint density at radius 3 is 2.30 bits per heavy atom. The quantitative estimate of drug-likeness (QED) is 0.774. The minimum atomic E-state index is -0.566. The summed E-state index contributed by atoms with van der Waals surface area (Å²) in [6, 6.07) is 8.90. The fourth-order valence-electron chi connectivity index (χ4n) is 1.70. The second-order valence-corrected chi connectivity index (χ2v) is 4.55. The summed E-state index contributed by atoms with van der Waals surface area (Å²) >= 11 is 0. The molecule has 0 heterocycles. The molecule has 0 aromatic heterocycles. The van der Waals surface area contributed by atoms with E-state index in [1.807, 2.05) is 30.3 Å². The highest BCUT2D eigenvalue weighted by atomic mass is 16.2. The van der Waals surface area contributed by atoms with Crippen LogP contribution >= 0.6 is 0 Å². The van der Waals surface area contributed by atoms with E-state index in [1.165, 1.54) is 6.92 Å². The molecule has 0 aliphatic rings. The molecule has 1 atom stereocenters. The number of nitrogens with one attached hydrogen (secondary N) is 2. The van der Waals surface area contributed by atoms with Gasteiger partial charge in [0, 0.05) is 6.42 Å². The number of ketones is 1. The summed E-state index contributed by atoms with van der Waals surface area (Å²) in [4.78, 5) is 34.3. The van der Waals surface area contributed by atoms with Gasteiger partial charge in [0.05, 0.1) is 12.6 Å². The zero-order valence-electron chi connectivity index (χ0n) is 11.8. The van der Waals surface area contributed by atoms with Crippen molar-refractivity contribution in [2.45, 2.75) is 32.7 Å². The summed E-state index contributed by atoms with van der Waals surface area (Å²) in [5.74, 6) is -0.658. The molecule has 2 amide bonds. The Kier molecular flexibility index (Phi) is 6.43. The van der Waals surface area contributed by atoms with E-state index in [-0.39, 0.29) is 24.1 Å². The summed E-state index contributed by atoms with van der Waals surface area (Å²) in [5, 5.41) is 5.12. The lowest BCUT2D eigenvalue weighted by Gasteiger charge is -2.16. The lowest BCUT2D eigenvalue weighted by atomic mass is 10.0. The van der Waals surface area contributed by atoms with Crippen molar-refractivity contribution >= 4 is 17.6 Å². The van der Waals surface area contributed by atoms with Gasteiger partial charge in [0.15, 0.2) is 5.78 Å². The van der Waals surface area contributed by atoms with Gasteiger partial charge in [-0.2, -0.15) is 0 Å². The van der Waals surface area contributed by atoms with Gasteiger partial charge in [0.1, 0.15) is 0 Å². The highest BCUT2D eigenvalue weighted by Gasteiger charge is 2.17. The normalized spacial score (nSPS) is 11.5. The van der Waals surface area contributed by atoms with Crippen LogP contribution in [0.15, 0.2) is 30.3 Å². The van der Waals surface area contributed by atoms with E-state index in [0.29, 0.717) is 12.8 Å². The number of hydrogen-bond acceptors (Lipinski definition) is 3. The van der Waals surface area contributed by atoms with Gasteiger partial charge in [-0.05, 0) is 18.9 Å². The monoisotopic (exact) mass is 276 g/mol. The number of rotatable bonds is 7. The second kappa shape index (κ2) is 8.09. The number of carbonyl (C=O) groups excluding carboxylic acids is 3. The van der Waals surface area contributed by atoms with E-state index in [0.717, 1.165) is 5.56 Å². The molecule has 0 unspecified atom stereocenters. The molecule has 0 aliphatic carbocycles. The molecule has 0 saturated carbocycles. The van der Waals surface area contributed by atoms with Gasteiger partial charge in [-0.1, -0.05) is 37.3 Å². The maximum Gasteiger partial charge on any atom is 0.239 e. The summed E-state index contributed by atoms with van der Waals surface area (Å²) < 4.78 is 0. The zero-order valence-corrected chi connectivity index (χ0v) is 11.8. The van der Waals surface area contributed by atoms with Crippen LogP contribution in [0.2, 0.25) is 0 Å². The predicted octanol–water partition coefficient (Wildman–Crippen LogP) is 0.829. The Balaban J connectivity index is 2.53. The van der Waals surface area contributed by atoms with Gasteiger partial charge < -0.3 is 10.6 Å². The molecule has 1 aromatic carbocycles. The van der Waals surface area contributed by atoms with Crippen LogP contribution in [0.25, 0.3) is 0 Å². The molecule has 1 aromatic rings. The van der Waals surface area contributed by atoms with Crippen molar-refractivity contribution in [3.63, 3.8) is 0 Å². The highest BCUT2D eigenvalue weighted by molar-refractivity contribution is 5.90. The van der Waals surface area contributed by atoms with Crippen molar-refractivity contribution in [2.24, 2.45) is 0 Å². The van der Waals surface area contributed by atoms with Crippen LogP contribution in [0.4, 0.5) is 0 Å². The number of amides is 2. The molecule has 20 heavy (non-hydrogen) atoms. The third-order valence-corrected chi connectivity index (χ3v) is 2.88. The average Bonchev–Trinajstić information content (AvgIpc) is 2.45. The summed E-state index contributed by atoms with van der Waals surface area (Å²) in [5.41, 5.74) is 0.977. The van der Waals surface area contributed by atoms with Gasteiger partial charge in [0.25, 0.3) is 0 Å². The van der Waals surface area contributed by atoms with E-state index in [9.17, 15) is 14.4 Å². The zero-order chi connectivity index (χ0) is 15.0. The van der Waals surface area contributed by atoms with E-state index in [4.69, 9.17) is 0 Å². The Morgan fingerprint density at radius 1 is 1.10 bits per heavy atom. The summed E-state index contributed by atoms with van der Waals surface area (Å²) in [6.07, 6.45) is 0.775. The van der Waals surface area contributed by atoms with Crippen molar-refractivity contribution in [3.8, 4) is 0 Å². The number of benzene rings is 1. The van der Waals surface area contributed by atoms with E-state index >= 15 is 0 Å². The SMILES string of the molecule is CCC(=O)NCC(=O)N[C@@H](Cc1ccccc1)C(C)=O. The first-order valence-electron chi connectivity index (χ1n) is 6.63. The average molecular weight is 276 g/mol. The van der Waals surface area contributed by atoms with Crippen LogP contribution in [-0.4, -0.2) is 30.2 Å². The smallest absolute Gasteiger partial charge is 0.239 e. The molecule has 0 saturated heterocycles.